The lowest BCUT2D eigenvalue weighted by molar-refractivity contribution is -0.301. The molecule has 1 fully saturated rings. The summed E-state index contributed by atoms with van der Waals surface area (Å²) in [5.41, 5.74) is 9.01. The number of azide groups is 1. The van der Waals surface area contributed by atoms with Crippen LogP contribution >= 0.6 is 11.8 Å². The van der Waals surface area contributed by atoms with Crippen molar-refractivity contribution in [2.45, 2.75) is 17.5 Å². The predicted octanol–water partition coefficient (Wildman–Crippen LogP) is 0.0717. The molecule has 1 saturated heterocycles. The molecule has 0 spiro atoms. The molecule has 2 heterocycles. The number of aliphatic carboxylic acids is 1. The fraction of sp³-hybridized carbons (Fsp3) is 0.267. The summed E-state index contributed by atoms with van der Waals surface area (Å²) in [4.78, 5) is 39.6. The molecule has 2 aliphatic heterocycles. The average Bonchev–Trinajstić information content (AvgIpc) is 2.63. The summed E-state index contributed by atoms with van der Waals surface area (Å²) in [5, 5.41) is 16.6. The number of carboxylic acid groups (broad SMARTS) is 1. The molecule has 0 saturated carbocycles. The molecule has 2 aliphatic rings. The van der Waals surface area contributed by atoms with Gasteiger partial charge in [0.2, 0.25) is 5.91 Å². The molecule has 0 aliphatic carbocycles. The first-order valence-corrected chi connectivity index (χ1v) is 8.35. The normalized spacial score (nSPS) is 22.6. The van der Waals surface area contributed by atoms with E-state index in [2.05, 4.69) is 15.3 Å². The van der Waals surface area contributed by atoms with Crippen LogP contribution in [0, 0.1) is 0 Å². The van der Waals surface area contributed by atoms with Gasteiger partial charge in [0.15, 0.2) is 0 Å². The quantitative estimate of drug-likeness (QED) is 0.343. The number of hydrogen-bond acceptors (Lipinski definition) is 6. The molecule has 1 N–H and O–H groups in total. The molecule has 3 atom stereocenters. The third-order valence-electron chi connectivity index (χ3n) is 3.88. The molecule has 3 rings (SSSR count). The molecule has 2 amide bonds. The summed E-state index contributed by atoms with van der Waals surface area (Å²) in [6.45, 7) is 0. The van der Waals surface area contributed by atoms with Gasteiger partial charge in [-0.1, -0.05) is 35.4 Å². The summed E-state index contributed by atoms with van der Waals surface area (Å²) in [5.74, 6) is -2.19. The molecule has 25 heavy (non-hydrogen) atoms. The molecule has 2 unspecified atom stereocenters. The monoisotopic (exact) mass is 358 g/mol. The van der Waals surface area contributed by atoms with Gasteiger partial charge in [0.25, 0.3) is 5.91 Å². The first-order valence-electron chi connectivity index (χ1n) is 7.30. The minimum Gasteiger partial charge on any atom is -0.543 e. The van der Waals surface area contributed by atoms with Crippen molar-refractivity contribution in [1.29, 1.82) is 0 Å². The Morgan fingerprint density at radius 1 is 1.40 bits per heavy atom. The van der Waals surface area contributed by atoms with Gasteiger partial charge in [-0.2, -0.15) is 0 Å². The van der Waals surface area contributed by atoms with Gasteiger partial charge in [0, 0.05) is 10.7 Å². The minimum atomic E-state index is -1.43. The van der Waals surface area contributed by atoms with Crippen molar-refractivity contribution in [2.24, 2.45) is 5.11 Å². The topological polar surface area (TPSA) is 138 Å². The molecule has 0 radical (unpaired) electrons. The van der Waals surface area contributed by atoms with Gasteiger partial charge in [-0.05, 0) is 17.2 Å². The van der Waals surface area contributed by atoms with Crippen LogP contribution in [0.5, 0.6) is 0 Å². The van der Waals surface area contributed by atoms with Crippen LogP contribution in [0.3, 0.4) is 0 Å². The number of amides is 2. The summed E-state index contributed by atoms with van der Waals surface area (Å²) >= 11 is 1.33. The number of benzene rings is 1. The van der Waals surface area contributed by atoms with Crippen molar-refractivity contribution in [1.82, 2.24) is 10.2 Å². The molecular formula is C15H12N5O4S-. The Morgan fingerprint density at radius 3 is 2.76 bits per heavy atom. The van der Waals surface area contributed by atoms with E-state index >= 15 is 0 Å². The van der Waals surface area contributed by atoms with E-state index in [9.17, 15) is 19.5 Å². The van der Waals surface area contributed by atoms with Gasteiger partial charge in [0.1, 0.15) is 17.5 Å². The van der Waals surface area contributed by atoms with Gasteiger partial charge < -0.3 is 15.2 Å². The Labute approximate surface area is 146 Å². The summed E-state index contributed by atoms with van der Waals surface area (Å²) in [7, 11) is 0. The van der Waals surface area contributed by atoms with Gasteiger partial charge in [-0.25, -0.2) is 0 Å². The fourth-order valence-corrected chi connectivity index (χ4v) is 3.91. The van der Waals surface area contributed by atoms with Crippen molar-refractivity contribution in [2.75, 3.05) is 5.75 Å². The first-order chi connectivity index (χ1) is 12.0. The highest BCUT2D eigenvalue weighted by atomic mass is 32.2. The van der Waals surface area contributed by atoms with Crippen LogP contribution in [0.25, 0.3) is 10.4 Å². The van der Waals surface area contributed by atoms with Crippen LogP contribution in [0.1, 0.15) is 11.6 Å². The Morgan fingerprint density at radius 2 is 2.12 bits per heavy atom. The van der Waals surface area contributed by atoms with Crippen molar-refractivity contribution in [3.05, 3.63) is 58.1 Å². The standard InChI is InChI=1S/C15H13N5O4S/c16-19-18-10(8-4-2-1-3-5-8)12(21)17-11-13(22)20-9(15(23)24)6-7-25-14(11)20/h1-6,10-11,14H,7H2,(H,17,21)(H,23,24)/p-1/t10-,11?,14?/m0/s1. The smallest absolute Gasteiger partial charge is 0.253 e. The Kier molecular flexibility index (Phi) is 4.64. The zero-order chi connectivity index (χ0) is 18.0. The van der Waals surface area contributed by atoms with Crippen LogP contribution in [0.2, 0.25) is 0 Å². The lowest BCUT2D eigenvalue weighted by atomic mass is 10.0. The van der Waals surface area contributed by atoms with Gasteiger partial charge in [0.05, 0.1) is 11.7 Å². The lowest BCUT2D eigenvalue weighted by Gasteiger charge is -2.49. The number of rotatable bonds is 5. The number of fused-ring (bicyclic) bond motifs is 1. The molecule has 1 aromatic carbocycles. The number of nitrogens with zero attached hydrogens (tertiary/aromatic N) is 4. The number of carbonyl (C=O) groups excluding carboxylic acids is 3. The summed E-state index contributed by atoms with van der Waals surface area (Å²) in [6.07, 6.45) is 1.40. The summed E-state index contributed by atoms with van der Waals surface area (Å²) < 4.78 is 0. The predicted molar refractivity (Wildman–Crippen MR) is 86.4 cm³/mol. The molecule has 0 aromatic heterocycles. The molecule has 128 valence electrons. The van der Waals surface area contributed by atoms with E-state index in [-0.39, 0.29) is 5.70 Å². The zero-order valence-electron chi connectivity index (χ0n) is 12.7. The van der Waals surface area contributed by atoms with Crippen molar-refractivity contribution < 1.29 is 19.5 Å². The Balaban J connectivity index is 1.75. The summed E-state index contributed by atoms with van der Waals surface area (Å²) in [6, 6.07) is 6.45. The highest BCUT2D eigenvalue weighted by molar-refractivity contribution is 8.00. The van der Waals surface area contributed by atoms with E-state index in [1.54, 1.807) is 30.3 Å². The highest BCUT2D eigenvalue weighted by Crippen LogP contribution is 2.37. The van der Waals surface area contributed by atoms with E-state index in [0.717, 1.165) is 4.90 Å². The number of carbonyl (C=O) groups is 3. The maximum absolute atomic E-state index is 12.5. The van der Waals surface area contributed by atoms with E-state index in [1.807, 2.05) is 0 Å². The molecule has 10 heteroatoms. The number of thioether (sulfide) groups is 1. The van der Waals surface area contributed by atoms with E-state index in [1.165, 1.54) is 17.8 Å². The second-order valence-corrected chi connectivity index (χ2v) is 6.46. The minimum absolute atomic E-state index is 0.186. The van der Waals surface area contributed by atoms with Crippen LogP contribution in [-0.4, -0.2) is 39.9 Å². The number of hydrogen-bond donors (Lipinski definition) is 1. The maximum Gasteiger partial charge on any atom is 0.253 e. The zero-order valence-corrected chi connectivity index (χ0v) is 13.5. The van der Waals surface area contributed by atoms with E-state index in [4.69, 9.17) is 5.53 Å². The molecular weight excluding hydrogens is 346 g/mol. The third-order valence-corrected chi connectivity index (χ3v) is 5.07. The van der Waals surface area contributed by atoms with Gasteiger partial charge in [-0.3, -0.25) is 14.5 Å². The van der Waals surface area contributed by atoms with Crippen LogP contribution in [-0.2, 0) is 14.4 Å². The molecule has 1 aromatic rings. The average molecular weight is 358 g/mol. The fourth-order valence-electron chi connectivity index (χ4n) is 2.72. The number of β-lactam (4-membered cyclic amide) rings is 1. The highest BCUT2D eigenvalue weighted by Gasteiger charge is 2.51. The van der Waals surface area contributed by atoms with E-state index < -0.39 is 35.2 Å². The second kappa shape index (κ2) is 6.88. The Hall–Kier alpha value is -2.97. The maximum atomic E-state index is 12.5. The molecule has 0 bridgehead atoms. The van der Waals surface area contributed by atoms with Crippen molar-refractivity contribution in [3.8, 4) is 0 Å². The molecule has 9 nitrogen and oxygen atoms in total. The van der Waals surface area contributed by atoms with Crippen LogP contribution in [0.4, 0.5) is 0 Å². The van der Waals surface area contributed by atoms with Gasteiger partial charge in [-0.15, -0.1) is 11.8 Å². The SMILES string of the molecule is [N-]=[N+]=N[C@H](C(=O)NC1C(=O)N2C(C(=O)[O-])=CCSC12)c1ccccc1. The van der Waals surface area contributed by atoms with E-state index in [0.29, 0.717) is 11.3 Å². The lowest BCUT2D eigenvalue weighted by Crippen LogP contribution is -2.71. The Bertz CT molecular complexity index is 805. The van der Waals surface area contributed by atoms with Crippen molar-refractivity contribution >= 4 is 29.5 Å². The second-order valence-electron chi connectivity index (χ2n) is 5.31. The number of nitrogens with one attached hydrogen (secondary N) is 1. The van der Waals surface area contributed by atoms with Crippen molar-refractivity contribution in [3.63, 3.8) is 0 Å². The van der Waals surface area contributed by atoms with Crippen LogP contribution < -0.4 is 10.4 Å². The number of carboxylic acids is 1. The third kappa shape index (κ3) is 3.04. The first kappa shape index (κ1) is 16.9. The largest absolute Gasteiger partial charge is 0.543 e. The van der Waals surface area contributed by atoms with Crippen LogP contribution in [0.15, 0.2) is 47.2 Å². The van der Waals surface area contributed by atoms with Gasteiger partial charge >= 0.3 is 0 Å².